The van der Waals surface area contributed by atoms with Crippen molar-refractivity contribution in [2.45, 2.75) is 13.0 Å². The van der Waals surface area contributed by atoms with E-state index in [0.717, 1.165) is 6.26 Å². The predicted octanol–water partition coefficient (Wildman–Crippen LogP) is 1.31. The zero-order valence-corrected chi connectivity index (χ0v) is 11.3. The van der Waals surface area contributed by atoms with Crippen molar-refractivity contribution in [3.8, 4) is 6.07 Å². The first kappa shape index (κ1) is 14.9. The number of benzene rings is 1. The number of nitrogens with one attached hydrogen (secondary N) is 1. The van der Waals surface area contributed by atoms with E-state index in [2.05, 4.69) is 5.32 Å². The van der Waals surface area contributed by atoms with E-state index < -0.39 is 14.8 Å². The van der Waals surface area contributed by atoms with Gasteiger partial charge in [-0.1, -0.05) is 0 Å². The lowest BCUT2D eigenvalue weighted by molar-refractivity contribution is -0.385. The van der Waals surface area contributed by atoms with E-state index in [9.17, 15) is 18.5 Å². The van der Waals surface area contributed by atoms with Crippen molar-refractivity contribution < 1.29 is 13.3 Å². The third-order valence-electron chi connectivity index (χ3n) is 2.28. The molecule has 0 saturated carbocycles. The van der Waals surface area contributed by atoms with Crippen LogP contribution >= 0.6 is 0 Å². The van der Waals surface area contributed by atoms with Crippen molar-refractivity contribution in [3.63, 3.8) is 0 Å². The number of rotatable bonds is 5. The predicted molar refractivity (Wildman–Crippen MR) is 70.6 cm³/mol. The van der Waals surface area contributed by atoms with Crippen LogP contribution in [-0.2, 0) is 9.84 Å². The van der Waals surface area contributed by atoms with E-state index in [1.54, 1.807) is 13.0 Å². The highest BCUT2D eigenvalue weighted by atomic mass is 32.2. The van der Waals surface area contributed by atoms with Crippen molar-refractivity contribution >= 4 is 21.2 Å². The first-order valence-corrected chi connectivity index (χ1v) is 7.42. The zero-order valence-electron chi connectivity index (χ0n) is 10.5. The summed E-state index contributed by atoms with van der Waals surface area (Å²) in [5, 5.41) is 22.4. The molecule has 1 atom stereocenters. The van der Waals surface area contributed by atoms with Crippen molar-refractivity contribution in [2.75, 3.05) is 17.3 Å². The minimum absolute atomic E-state index is 0.0636. The standard InChI is InChI=1S/C11H13N3O4S/c1-8(7-19(2,17)18)13-10-3-4-11(14(15)16)9(5-10)6-12/h3-5,8,13H,7H2,1-2H3. The van der Waals surface area contributed by atoms with Gasteiger partial charge in [0.1, 0.15) is 21.5 Å². The summed E-state index contributed by atoms with van der Waals surface area (Å²) in [5.41, 5.74) is 0.128. The summed E-state index contributed by atoms with van der Waals surface area (Å²) < 4.78 is 22.2. The van der Waals surface area contributed by atoms with Crippen LogP contribution in [0.1, 0.15) is 12.5 Å². The quantitative estimate of drug-likeness (QED) is 0.643. The van der Waals surface area contributed by atoms with Gasteiger partial charge in [0.25, 0.3) is 5.69 Å². The van der Waals surface area contributed by atoms with Crippen molar-refractivity contribution in [1.29, 1.82) is 5.26 Å². The van der Waals surface area contributed by atoms with Gasteiger partial charge >= 0.3 is 0 Å². The van der Waals surface area contributed by atoms with Crippen molar-refractivity contribution in [1.82, 2.24) is 0 Å². The van der Waals surface area contributed by atoms with Crippen LogP contribution in [0.15, 0.2) is 18.2 Å². The fourth-order valence-electron chi connectivity index (χ4n) is 1.65. The fraction of sp³-hybridized carbons (Fsp3) is 0.364. The van der Waals surface area contributed by atoms with E-state index >= 15 is 0 Å². The summed E-state index contributed by atoms with van der Waals surface area (Å²) in [6, 6.07) is 5.37. The lowest BCUT2D eigenvalue weighted by atomic mass is 10.1. The molecule has 0 radical (unpaired) electrons. The van der Waals surface area contributed by atoms with Gasteiger partial charge in [0, 0.05) is 24.1 Å². The Morgan fingerprint density at radius 2 is 2.16 bits per heavy atom. The number of anilines is 1. The minimum Gasteiger partial charge on any atom is -0.382 e. The Bertz CT molecular complexity index is 634. The third-order valence-corrected chi connectivity index (χ3v) is 3.39. The highest BCUT2D eigenvalue weighted by Crippen LogP contribution is 2.22. The van der Waals surface area contributed by atoms with E-state index in [4.69, 9.17) is 5.26 Å². The van der Waals surface area contributed by atoms with Gasteiger partial charge in [-0.25, -0.2) is 8.42 Å². The summed E-state index contributed by atoms with van der Waals surface area (Å²) in [7, 11) is -3.12. The Morgan fingerprint density at radius 3 is 2.63 bits per heavy atom. The summed E-state index contributed by atoms with van der Waals surface area (Å²) in [6.45, 7) is 1.68. The molecule has 0 aromatic heterocycles. The lowest BCUT2D eigenvalue weighted by Crippen LogP contribution is -2.25. The highest BCUT2D eigenvalue weighted by Gasteiger charge is 2.15. The Morgan fingerprint density at radius 1 is 1.53 bits per heavy atom. The summed E-state index contributed by atoms with van der Waals surface area (Å²) in [4.78, 5) is 10.0. The highest BCUT2D eigenvalue weighted by molar-refractivity contribution is 7.90. The van der Waals surface area contributed by atoms with Crippen LogP contribution in [0.3, 0.4) is 0 Å². The summed E-state index contributed by atoms with van der Waals surface area (Å²) in [6.07, 6.45) is 1.13. The Balaban J connectivity index is 2.93. The summed E-state index contributed by atoms with van der Waals surface area (Å²) >= 11 is 0. The number of nitrogens with zero attached hydrogens (tertiary/aromatic N) is 2. The van der Waals surface area contributed by atoms with Gasteiger partial charge in [0.05, 0.1) is 10.7 Å². The minimum atomic E-state index is -3.12. The van der Waals surface area contributed by atoms with E-state index in [1.165, 1.54) is 18.2 Å². The molecule has 8 heteroatoms. The molecule has 0 heterocycles. The number of nitro benzene ring substituents is 1. The van der Waals surface area contributed by atoms with Crippen LogP contribution in [0.4, 0.5) is 11.4 Å². The number of hydrogen-bond donors (Lipinski definition) is 1. The van der Waals surface area contributed by atoms with E-state index in [-0.39, 0.29) is 23.0 Å². The third kappa shape index (κ3) is 4.56. The normalized spacial score (nSPS) is 12.5. The second-order valence-electron chi connectivity index (χ2n) is 4.24. The van der Waals surface area contributed by atoms with Gasteiger partial charge in [-0.3, -0.25) is 10.1 Å². The number of hydrogen-bond acceptors (Lipinski definition) is 6. The molecule has 0 aliphatic carbocycles. The topological polar surface area (TPSA) is 113 Å². The Kier molecular flexibility index (Phi) is 4.45. The van der Waals surface area contributed by atoms with Crippen LogP contribution in [0, 0.1) is 21.4 Å². The fourth-order valence-corrected chi connectivity index (χ4v) is 2.65. The molecular weight excluding hydrogens is 270 g/mol. The molecule has 1 rings (SSSR count). The van der Waals surface area contributed by atoms with Crippen molar-refractivity contribution in [2.24, 2.45) is 0 Å². The molecule has 0 aliphatic rings. The van der Waals surface area contributed by atoms with Crippen LogP contribution in [0.2, 0.25) is 0 Å². The molecule has 102 valence electrons. The van der Waals surface area contributed by atoms with Gasteiger partial charge < -0.3 is 5.32 Å². The molecule has 1 unspecified atom stereocenters. The molecule has 7 nitrogen and oxygen atoms in total. The first-order chi connectivity index (χ1) is 8.73. The van der Waals surface area contributed by atoms with Gasteiger partial charge in [0.2, 0.25) is 0 Å². The average Bonchev–Trinajstić information content (AvgIpc) is 2.25. The number of sulfone groups is 1. The summed E-state index contributed by atoms with van der Waals surface area (Å²) in [5.74, 6) is -0.0636. The van der Waals surface area contributed by atoms with Gasteiger partial charge in [-0.2, -0.15) is 5.26 Å². The van der Waals surface area contributed by atoms with E-state index in [0.29, 0.717) is 5.69 Å². The maximum atomic E-state index is 11.1. The van der Waals surface area contributed by atoms with Crippen LogP contribution < -0.4 is 5.32 Å². The second kappa shape index (κ2) is 5.67. The molecule has 0 fully saturated rings. The molecule has 0 amide bonds. The van der Waals surface area contributed by atoms with Gasteiger partial charge in [-0.15, -0.1) is 0 Å². The van der Waals surface area contributed by atoms with E-state index in [1.807, 2.05) is 0 Å². The smallest absolute Gasteiger partial charge is 0.287 e. The molecular formula is C11H13N3O4S. The maximum Gasteiger partial charge on any atom is 0.287 e. The average molecular weight is 283 g/mol. The maximum absolute atomic E-state index is 11.1. The molecule has 1 N–H and O–H groups in total. The second-order valence-corrected chi connectivity index (χ2v) is 6.42. The van der Waals surface area contributed by atoms with Gasteiger partial charge in [0.15, 0.2) is 0 Å². The molecule has 0 spiro atoms. The molecule has 19 heavy (non-hydrogen) atoms. The molecule has 0 aliphatic heterocycles. The molecule has 1 aromatic carbocycles. The monoisotopic (exact) mass is 283 g/mol. The van der Waals surface area contributed by atoms with Crippen LogP contribution in [0.25, 0.3) is 0 Å². The number of nitriles is 1. The molecule has 0 saturated heterocycles. The Labute approximate surface area is 110 Å². The SMILES string of the molecule is CC(CS(C)(=O)=O)Nc1ccc([N+](=O)[O-])c(C#N)c1. The van der Waals surface area contributed by atoms with Gasteiger partial charge in [-0.05, 0) is 19.1 Å². The van der Waals surface area contributed by atoms with Crippen molar-refractivity contribution in [3.05, 3.63) is 33.9 Å². The van der Waals surface area contributed by atoms with Crippen LogP contribution in [-0.4, -0.2) is 31.4 Å². The largest absolute Gasteiger partial charge is 0.382 e. The van der Waals surface area contributed by atoms with Crippen LogP contribution in [0.5, 0.6) is 0 Å². The first-order valence-electron chi connectivity index (χ1n) is 5.35. The molecule has 1 aromatic rings. The zero-order chi connectivity index (χ0) is 14.6. The molecule has 0 bridgehead atoms. The lowest BCUT2D eigenvalue weighted by Gasteiger charge is -2.14. The Hall–Kier alpha value is -2.14. The number of nitro groups is 1.